The Bertz CT molecular complexity index is 459. The summed E-state index contributed by atoms with van der Waals surface area (Å²) < 4.78 is 0. The summed E-state index contributed by atoms with van der Waals surface area (Å²) in [5.41, 5.74) is 0.819. The van der Waals surface area contributed by atoms with Gasteiger partial charge in [0.1, 0.15) is 11.8 Å². The summed E-state index contributed by atoms with van der Waals surface area (Å²) in [6.07, 6.45) is 1.96. The summed E-state index contributed by atoms with van der Waals surface area (Å²) in [4.78, 5) is 13.8. The number of phenolic OH excluding ortho intramolecular Hbond substituents is 1. The lowest BCUT2D eigenvalue weighted by Gasteiger charge is -2.13. The fraction of sp³-hybridized carbons (Fsp3) is 0.385. The Labute approximate surface area is 112 Å². The summed E-state index contributed by atoms with van der Waals surface area (Å²) in [7, 11) is 0. The van der Waals surface area contributed by atoms with Crippen LogP contribution in [0.4, 0.5) is 0 Å². The Hall–Kier alpha value is -1.62. The molecular formula is C13H16N2O2S. The number of rotatable bonds is 4. The molecule has 5 heteroatoms. The molecule has 18 heavy (non-hydrogen) atoms. The van der Waals surface area contributed by atoms with Crippen molar-refractivity contribution in [2.45, 2.75) is 25.8 Å². The molecule has 96 valence electrons. The molecule has 1 atom stereocenters. The third-order valence-electron chi connectivity index (χ3n) is 2.99. The van der Waals surface area contributed by atoms with Gasteiger partial charge in [-0.15, -0.1) is 0 Å². The van der Waals surface area contributed by atoms with Crippen LogP contribution in [0, 0.1) is 0 Å². The van der Waals surface area contributed by atoms with Crippen LogP contribution in [0.25, 0.3) is 0 Å². The number of hydrogen-bond acceptors (Lipinski definition) is 3. The van der Waals surface area contributed by atoms with Gasteiger partial charge in [0, 0.05) is 6.54 Å². The molecule has 0 bridgehead atoms. The van der Waals surface area contributed by atoms with Crippen molar-refractivity contribution < 1.29 is 9.90 Å². The normalized spacial score (nSPS) is 19.2. The van der Waals surface area contributed by atoms with E-state index in [-0.39, 0.29) is 11.7 Å². The topological polar surface area (TPSA) is 52.6 Å². The van der Waals surface area contributed by atoms with E-state index in [1.54, 1.807) is 29.2 Å². The lowest BCUT2D eigenvalue weighted by molar-refractivity contribution is -0.127. The van der Waals surface area contributed by atoms with E-state index >= 15 is 0 Å². The number of thiocarbonyl (C=S) groups is 1. The zero-order valence-electron chi connectivity index (χ0n) is 10.2. The number of aromatic hydroxyl groups is 1. The fourth-order valence-electron chi connectivity index (χ4n) is 1.94. The van der Waals surface area contributed by atoms with Crippen molar-refractivity contribution in [1.82, 2.24) is 10.2 Å². The standard InChI is InChI=1S/C13H16N2O2S/c1-2-3-8-15-12(17)11(14-13(15)18)9-4-6-10(16)7-5-9/h4-7,11,16H,2-3,8H2,1H3,(H,14,18). The smallest absolute Gasteiger partial charge is 0.255 e. The average molecular weight is 264 g/mol. The minimum Gasteiger partial charge on any atom is -0.508 e. The van der Waals surface area contributed by atoms with Crippen molar-refractivity contribution in [2.75, 3.05) is 6.54 Å². The number of amides is 1. The molecule has 0 radical (unpaired) electrons. The number of nitrogens with one attached hydrogen (secondary N) is 1. The van der Waals surface area contributed by atoms with Crippen molar-refractivity contribution in [3.05, 3.63) is 29.8 Å². The van der Waals surface area contributed by atoms with E-state index in [2.05, 4.69) is 12.2 Å². The van der Waals surface area contributed by atoms with E-state index in [1.807, 2.05) is 0 Å². The molecule has 4 nitrogen and oxygen atoms in total. The lowest BCUT2D eigenvalue weighted by Crippen LogP contribution is -2.31. The highest BCUT2D eigenvalue weighted by Crippen LogP contribution is 2.23. The van der Waals surface area contributed by atoms with Crippen LogP contribution in [0.2, 0.25) is 0 Å². The monoisotopic (exact) mass is 264 g/mol. The first kappa shape index (κ1) is 12.8. The van der Waals surface area contributed by atoms with Gasteiger partial charge >= 0.3 is 0 Å². The van der Waals surface area contributed by atoms with Crippen molar-refractivity contribution in [3.63, 3.8) is 0 Å². The summed E-state index contributed by atoms with van der Waals surface area (Å²) in [5, 5.41) is 12.8. The van der Waals surface area contributed by atoms with Crippen molar-refractivity contribution in [3.8, 4) is 5.75 Å². The Kier molecular flexibility index (Phi) is 3.81. The highest BCUT2D eigenvalue weighted by atomic mass is 32.1. The fourth-order valence-corrected chi connectivity index (χ4v) is 2.24. The molecule has 0 saturated carbocycles. The quantitative estimate of drug-likeness (QED) is 0.816. The van der Waals surface area contributed by atoms with Crippen molar-refractivity contribution >= 4 is 23.2 Å². The van der Waals surface area contributed by atoms with Gasteiger partial charge in [-0.3, -0.25) is 9.69 Å². The van der Waals surface area contributed by atoms with Crippen LogP contribution in [0.3, 0.4) is 0 Å². The van der Waals surface area contributed by atoms with E-state index in [9.17, 15) is 9.90 Å². The number of benzene rings is 1. The van der Waals surface area contributed by atoms with Crippen molar-refractivity contribution in [2.24, 2.45) is 0 Å². The minimum absolute atomic E-state index is 0.0147. The first-order chi connectivity index (χ1) is 8.63. The van der Waals surface area contributed by atoms with E-state index < -0.39 is 6.04 Å². The molecule has 1 aliphatic heterocycles. The molecule has 0 aliphatic carbocycles. The van der Waals surface area contributed by atoms with Crippen LogP contribution >= 0.6 is 12.2 Å². The number of unbranched alkanes of at least 4 members (excludes halogenated alkanes) is 1. The molecule has 1 fully saturated rings. The van der Waals surface area contributed by atoms with Gasteiger partial charge in [0.05, 0.1) is 0 Å². The SMILES string of the molecule is CCCCN1C(=O)C(c2ccc(O)cc2)NC1=S. The number of nitrogens with zero attached hydrogens (tertiary/aromatic N) is 1. The summed E-state index contributed by atoms with van der Waals surface area (Å²) in [5.74, 6) is 0.175. The Morgan fingerprint density at radius 3 is 2.67 bits per heavy atom. The second-order valence-corrected chi connectivity index (χ2v) is 4.70. The van der Waals surface area contributed by atoms with Crippen LogP contribution in [0.5, 0.6) is 5.75 Å². The minimum atomic E-state index is -0.421. The highest BCUT2D eigenvalue weighted by molar-refractivity contribution is 7.80. The number of phenols is 1. The molecule has 2 rings (SSSR count). The summed E-state index contributed by atoms with van der Waals surface area (Å²) in [6, 6.07) is 6.19. The van der Waals surface area contributed by atoms with Crippen molar-refractivity contribution in [1.29, 1.82) is 0 Å². The van der Waals surface area contributed by atoms with E-state index in [1.165, 1.54) is 0 Å². The Balaban J connectivity index is 2.14. The predicted octanol–water partition coefficient (Wildman–Crippen LogP) is 1.95. The van der Waals surface area contributed by atoms with Gasteiger partial charge in [-0.05, 0) is 36.3 Å². The van der Waals surface area contributed by atoms with Crippen LogP contribution in [0.15, 0.2) is 24.3 Å². The first-order valence-electron chi connectivity index (χ1n) is 6.04. The average Bonchev–Trinajstić information content (AvgIpc) is 2.64. The van der Waals surface area contributed by atoms with Crippen LogP contribution in [-0.4, -0.2) is 27.6 Å². The zero-order valence-corrected chi connectivity index (χ0v) is 11.0. The Morgan fingerprint density at radius 2 is 2.06 bits per heavy atom. The third-order valence-corrected chi connectivity index (χ3v) is 3.33. The molecule has 1 aliphatic rings. The lowest BCUT2D eigenvalue weighted by atomic mass is 10.1. The summed E-state index contributed by atoms with van der Waals surface area (Å²) >= 11 is 5.18. The predicted molar refractivity (Wildman–Crippen MR) is 73.2 cm³/mol. The Morgan fingerprint density at radius 1 is 1.39 bits per heavy atom. The van der Waals surface area contributed by atoms with Gasteiger partial charge in [-0.2, -0.15) is 0 Å². The van der Waals surface area contributed by atoms with Gasteiger partial charge in [0.25, 0.3) is 5.91 Å². The highest BCUT2D eigenvalue weighted by Gasteiger charge is 2.35. The molecule has 1 aromatic carbocycles. The zero-order chi connectivity index (χ0) is 13.1. The van der Waals surface area contributed by atoms with E-state index in [4.69, 9.17) is 12.2 Å². The number of carbonyl (C=O) groups is 1. The van der Waals surface area contributed by atoms with Gasteiger partial charge in [-0.25, -0.2) is 0 Å². The molecule has 1 amide bonds. The van der Waals surface area contributed by atoms with Gasteiger partial charge in [-0.1, -0.05) is 25.5 Å². The second-order valence-electron chi connectivity index (χ2n) is 4.32. The molecule has 0 spiro atoms. The largest absolute Gasteiger partial charge is 0.508 e. The van der Waals surface area contributed by atoms with Gasteiger partial charge in [0.2, 0.25) is 0 Å². The number of hydrogen-bond donors (Lipinski definition) is 2. The van der Waals surface area contributed by atoms with Gasteiger partial charge in [0.15, 0.2) is 5.11 Å². The third kappa shape index (κ3) is 2.46. The van der Waals surface area contributed by atoms with E-state index in [0.29, 0.717) is 11.7 Å². The summed E-state index contributed by atoms with van der Waals surface area (Å²) in [6.45, 7) is 2.74. The molecule has 2 N–H and O–H groups in total. The second kappa shape index (κ2) is 5.35. The maximum absolute atomic E-state index is 12.2. The number of carbonyl (C=O) groups excluding carboxylic acids is 1. The maximum atomic E-state index is 12.2. The molecule has 1 aromatic rings. The molecule has 0 aromatic heterocycles. The van der Waals surface area contributed by atoms with Crippen LogP contribution < -0.4 is 5.32 Å². The van der Waals surface area contributed by atoms with Crippen LogP contribution in [-0.2, 0) is 4.79 Å². The van der Waals surface area contributed by atoms with Gasteiger partial charge < -0.3 is 10.4 Å². The molecule has 1 heterocycles. The van der Waals surface area contributed by atoms with E-state index in [0.717, 1.165) is 18.4 Å². The molecule has 1 saturated heterocycles. The molecule has 1 unspecified atom stereocenters. The maximum Gasteiger partial charge on any atom is 0.255 e. The first-order valence-corrected chi connectivity index (χ1v) is 6.45. The van der Waals surface area contributed by atoms with Crippen LogP contribution in [0.1, 0.15) is 31.4 Å². The molecular weight excluding hydrogens is 248 g/mol.